The number of hydrogen-bond acceptors (Lipinski definition) is 3. The first kappa shape index (κ1) is 15.5. The number of piperidine rings is 1. The van der Waals surface area contributed by atoms with Gasteiger partial charge in [0.1, 0.15) is 0 Å². The first-order valence-electron chi connectivity index (χ1n) is 7.69. The minimum Gasteiger partial charge on any atom is -0.395 e. The van der Waals surface area contributed by atoms with Crippen molar-refractivity contribution in [2.75, 3.05) is 33.3 Å². The third-order valence-corrected chi connectivity index (χ3v) is 4.55. The van der Waals surface area contributed by atoms with Crippen molar-refractivity contribution in [1.82, 2.24) is 9.80 Å². The normalized spacial score (nSPS) is 17.9. The van der Waals surface area contributed by atoms with Gasteiger partial charge in [-0.2, -0.15) is 0 Å². The molecule has 20 heavy (non-hydrogen) atoms. The van der Waals surface area contributed by atoms with E-state index in [4.69, 9.17) is 0 Å². The predicted molar refractivity (Wildman–Crippen MR) is 83.9 cm³/mol. The first-order chi connectivity index (χ1) is 9.60. The van der Waals surface area contributed by atoms with Crippen molar-refractivity contribution < 1.29 is 5.11 Å². The predicted octanol–water partition coefficient (Wildman–Crippen LogP) is 2.19. The molecule has 0 spiro atoms. The second-order valence-corrected chi connectivity index (χ2v) is 6.15. The molecule has 1 aliphatic rings. The molecule has 0 atom stereocenters. The van der Waals surface area contributed by atoms with Crippen molar-refractivity contribution in [2.24, 2.45) is 0 Å². The number of aliphatic hydroxyl groups is 1. The number of benzene rings is 1. The summed E-state index contributed by atoms with van der Waals surface area (Å²) in [6, 6.07) is 7.33. The largest absolute Gasteiger partial charge is 0.395 e. The van der Waals surface area contributed by atoms with E-state index >= 15 is 0 Å². The van der Waals surface area contributed by atoms with E-state index in [0.29, 0.717) is 6.04 Å². The van der Waals surface area contributed by atoms with Crippen LogP contribution >= 0.6 is 0 Å². The average Bonchev–Trinajstić information content (AvgIpc) is 2.43. The molecule has 1 aromatic carbocycles. The third kappa shape index (κ3) is 4.05. The molecule has 0 radical (unpaired) electrons. The van der Waals surface area contributed by atoms with Gasteiger partial charge in [0.25, 0.3) is 0 Å². The number of aryl methyl sites for hydroxylation is 2. The van der Waals surface area contributed by atoms with Crippen LogP contribution in [0.5, 0.6) is 0 Å². The summed E-state index contributed by atoms with van der Waals surface area (Å²) in [5.41, 5.74) is 4.07. The highest BCUT2D eigenvalue weighted by Crippen LogP contribution is 2.19. The van der Waals surface area contributed by atoms with Gasteiger partial charge in [-0.1, -0.05) is 18.2 Å². The quantitative estimate of drug-likeness (QED) is 0.893. The fourth-order valence-corrected chi connectivity index (χ4v) is 3.02. The monoisotopic (exact) mass is 276 g/mol. The summed E-state index contributed by atoms with van der Waals surface area (Å²) in [7, 11) is 2.19. The smallest absolute Gasteiger partial charge is 0.0558 e. The number of rotatable bonds is 5. The van der Waals surface area contributed by atoms with E-state index in [9.17, 15) is 5.11 Å². The van der Waals surface area contributed by atoms with E-state index in [2.05, 4.69) is 48.9 Å². The van der Waals surface area contributed by atoms with Crippen LogP contribution in [-0.4, -0.2) is 54.2 Å². The maximum absolute atomic E-state index is 9.34. The Morgan fingerprint density at radius 1 is 1.20 bits per heavy atom. The van der Waals surface area contributed by atoms with E-state index in [1.54, 1.807) is 0 Å². The Hall–Kier alpha value is -0.900. The molecule has 0 saturated carbocycles. The number of likely N-dealkylation sites (tertiary alicyclic amines) is 1. The lowest BCUT2D eigenvalue weighted by molar-refractivity contribution is 0.0941. The maximum Gasteiger partial charge on any atom is 0.0558 e. The van der Waals surface area contributed by atoms with E-state index in [0.717, 1.165) is 13.1 Å². The topological polar surface area (TPSA) is 26.7 Å². The molecule has 3 nitrogen and oxygen atoms in total. The van der Waals surface area contributed by atoms with Gasteiger partial charge >= 0.3 is 0 Å². The second kappa shape index (κ2) is 7.21. The van der Waals surface area contributed by atoms with Crippen LogP contribution in [0.1, 0.15) is 29.5 Å². The van der Waals surface area contributed by atoms with Crippen LogP contribution in [0.25, 0.3) is 0 Å². The van der Waals surface area contributed by atoms with Crippen molar-refractivity contribution in [1.29, 1.82) is 0 Å². The van der Waals surface area contributed by atoms with Crippen molar-refractivity contribution in [2.45, 2.75) is 39.3 Å². The number of aliphatic hydroxyl groups excluding tert-OH is 1. The molecule has 0 bridgehead atoms. The highest BCUT2D eigenvalue weighted by molar-refractivity contribution is 5.29. The standard InChI is InChI=1S/C17H28N2O/c1-14-4-5-16(12-15(14)2)13-19(10-11-20)17-6-8-18(3)9-7-17/h4-5,12,17,20H,6-11,13H2,1-3H3. The summed E-state index contributed by atoms with van der Waals surface area (Å²) >= 11 is 0. The van der Waals surface area contributed by atoms with Gasteiger partial charge in [0, 0.05) is 19.1 Å². The van der Waals surface area contributed by atoms with Crippen LogP contribution in [-0.2, 0) is 6.54 Å². The van der Waals surface area contributed by atoms with E-state index in [-0.39, 0.29) is 6.61 Å². The van der Waals surface area contributed by atoms with Crippen LogP contribution in [0.3, 0.4) is 0 Å². The molecular formula is C17H28N2O. The van der Waals surface area contributed by atoms with Crippen LogP contribution in [0, 0.1) is 13.8 Å². The van der Waals surface area contributed by atoms with Gasteiger partial charge in [-0.3, -0.25) is 4.90 Å². The Morgan fingerprint density at radius 3 is 2.50 bits per heavy atom. The lowest BCUT2D eigenvalue weighted by Gasteiger charge is -2.37. The maximum atomic E-state index is 9.34. The zero-order valence-electron chi connectivity index (χ0n) is 13.1. The highest BCUT2D eigenvalue weighted by Gasteiger charge is 2.22. The van der Waals surface area contributed by atoms with Crippen molar-refractivity contribution in [3.8, 4) is 0 Å². The first-order valence-corrected chi connectivity index (χ1v) is 7.69. The molecule has 0 amide bonds. The number of hydrogen-bond donors (Lipinski definition) is 1. The minimum atomic E-state index is 0.247. The molecule has 1 fully saturated rings. The Balaban J connectivity index is 2.02. The highest BCUT2D eigenvalue weighted by atomic mass is 16.3. The average molecular weight is 276 g/mol. The lowest BCUT2D eigenvalue weighted by Crippen LogP contribution is -2.44. The molecular weight excluding hydrogens is 248 g/mol. The van der Waals surface area contributed by atoms with Gasteiger partial charge in [0.15, 0.2) is 0 Å². The molecule has 3 heteroatoms. The van der Waals surface area contributed by atoms with Gasteiger partial charge in [-0.05, 0) is 63.5 Å². The summed E-state index contributed by atoms with van der Waals surface area (Å²) in [5, 5.41) is 9.34. The van der Waals surface area contributed by atoms with Gasteiger partial charge < -0.3 is 10.0 Å². The summed E-state index contributed by atoms with van der Waals surface area (Å²) in [6.45, 7) is 8.64. The van der Waals surface area contributed by atoms with E-state index < -0.39 is 0 Å². The SMILES string of the molecule is Cc1ccc(CN(CCO)C2CCN(C)CC2)cc1C. The van der Waals surface area contributed by atoms with Gasteiger partial charge in [0.05, 0.1) is 6.61 Å². The Labute approximate surface area is 123 Å². The molecule has 1 N–H and O–H groups in total. The third-order valence-electron chi connectivity index (χ3n) is 4.55. The van der Waals surface area contributed by atoms with Gasteiger partial charge in [-0.15, -0.1) is 0 Å². The number of nitrogens with zero attached hydrogens (tertiary/aromatic N) is 2. The van der Waals surface area contributed by atoms with Crippen molar-refractivity contribution >= 4 is 0 Å². The summed E-state index contributed by atoms with van der Waals surface area (Å²) < 4.78 is 0. The van der Waals surface area contributed by atoms with Crippen LogP contribution < -0.4 is 0 Å². The molecule has 1 saturated heterocycles. The molecule has 1 aromatic rings. The fourth-order valence-electron chi connectivity index (χ4n) is 3.02. The van der Waals surface area contributed by atoms with Crippen LogP contribution in [0.15, 0.2) is 18.2 Å². The Morgan fingerprint density at radius 2 is 1.90 bits per heavy atom. The molecule has 0 aliphatic carbocycles. The zero-order chi connectivity index (χ0) is 14.5. The summed E-state index contributed by atoms with van der Waals surface area (Å²) in [6.07, 6.45) is 2.42. The van der Waals surface area contributed by atoms with Crippen molar-refractivity contribution in [3.63, 3.8) is 0 Å². The molecule has 2 rings (SSSR count). The van der Waals surface area contributed by atoms with Gasteiger partial charge in [0.2, 0.25) is 0 Å². The molecule has 1 heterocycles. The Kier molecular flexibility index (Phi) is 5.58. The molecule has 1 aliphatic heterocycles. The Bertz CT molecular complexity index is 425. The molecule has 112 valence electrons. The molecule has 0 unspecified atom stereocenters. The summed E-state index contributed by atoms with van der Waals surface area (Å²) in [4.78, 5) is 4.85. The zero-order valence-corrected chi connectivity index (χ0v) is 13.1. The fraction of sp³-hybridized carbons (Fsp3) is 0.647. The van der Waals surface area contributed by atoms with Crippen LogP contribution in [0.4, 0.5) is 0 Å². The second-order valence-electron chi connectivity index (χ2n) is 6.15. The van der Waals surface area contributed by atoms with Crippen molar-refractivity contribution in [3.05, 3.63) is 34.9 Å². The van der Waals surface area contributed by atoms with Gasteiger partial charge in [-0.25, -0.2) is 0 Å². The van der Waals surface area contributed by atoms with E-state index in [1.165, 1.54) is 42.6 Å². The van der Waals surface area contributed by atoms with Crippen LogP contribution in [0.2, 0.25) is 0 Å². The molecule has 0 aromatic heterocycles. The summed E-state index contributed by atoms with van der Waals surface area (Å²) in [5.74, 6) is 0. The minimum absolute atomic E-state index is 0.247. The van der Waals surface area contributed by atoms with E-state index in [1.807, 2.05) is 0 Å². The lowest BCUT2D eigenvalue weighted by atomic mass is 10.0.